The van der Waals surface area contributed by atoms with Gasteiger partial charge in [-0.1, -0.05) is 59.6 Å². The predicted molar refractivity (Wildman–Crippen MR) is 166 cm³/mol. The van der Waals surface area contributed by atoms with Crippen molar-refractivity contribution in [3.63, 3.8) is 0 Å². The number of amides is 2. The van der Waals surface area contributed by atoms with Gasteiger partial charge in [-0.25, -0.2) is 0 Å². The second kappa shape index (κ2) is 14.6. The van der Waals surface area contributed by atoms with Gasteiger partial charge in [0, 0.05) is 27.3 Å². The number of nitrogens with one attached hydrogen (secondary N) is 2. The van der Waals surface area contributed by atoms with Crippen LogP contribution in [0.5, 0.6) is 5.75 Å². The molecule has 0 fully saturated rings. The van der Waals surface area contributed by atoms with Crippen molar-refractivity contribution in [3.8, 4) is 5.75 Å². The van der Waals surface area contributed by atoms with Crippen LogP contribution in [0.1, 0.15) is 33.2 Å². The van der Waals surface area contributed by atoms with Crippen molar-refractivity contribution in [2.75, 3.05) is 17.7 Å². The summed E-state index contributed by atoms with van der Waals surface area (Å²) in [6, 6.07) is 27.8. The first-order chi connectivity index (χ1) is 19.8. The van der Waals surface area contributed by atoms with Crippen molar-refractivity contribution >= 4 is 64.3 Å². The van der Waals surface area contributed by atoms with E-state index >= 15 is 0 Å². The molecule has 9 heteroatoms. The SMILES string of the molecule is CCOc1ccccc1/C=C(\NC(=O)c1ccccc1)C(=O)Nc1ccc(SCC(=O)c2ccc(Cl)c(Cl)c2)cc1. The van der Waals surface area contributed by atoms with Gasteiger partial charge in [0.15, 0.2) is 5.78 Å². The molecule has 0 spiro atoms. The van der Waals surface area contributed by atoms with Crippen molar-refractivity contribution in [2.45, 2.75) is 11.8 Å². The zero-order chi connectivity index (χ0) is 29.2. The Bertz CT molecular complexity index is 1570. The standard InChI is InChI=1S/C32H26Cl2N2O4S/c1-2-40-30-11-7-6-10-23(30)19-28(36-31(38)21-8-4-3-5-9-21)32(39)35-24-13-15-25(16-14-24)41-20-29(37)22-12-17-26(33)27(34)18-22/h3-19H,2,20H2,1H3,(H,35,39)(H,36,38)/b28-19-. The zero-order valence-corrected chi connectivity index (χ0v) is 24.4. The molecule has 0 heterocycles. The molecule has 41 heavy (non-hydrogen) atoms. The van der Waals surface area contributed by atoms with Crippen LogP contribution < -0.4 is 15.4 Å². The van der Waals surface area contributed by atoms with E-state index in [2.05, 4.69) is 10.6 Å². The lowest BCUT2D eigenvalue weighted by atomic mass is 10.1. The van der Waals surface area contributed by atoms with Gasteiger partial charge in [0.25, 0.3) is 11.8 Å². The van der Waals surface area contributed by atoms with Gasteiger partial charge in [-0.2, -0.15) is 0 Å². The lowest BCUT2D eigenvalue weighted by molar-refractivity contribution is -0.113. The van der Waals surface area contributed by atoms with Crippen LogP contribution in [-0.2, 0) is 4.79 Å². The number of ketones is 1. The molecule has 2 amide bonds. The van der Waals surface area contributed by atoms with Crippen LogP contribution in [0.4, 0.5) is 5.69 Å². The van der Waals surface area contributed by atoms with E-state index in [-0.39, 0.29) is 17.2 Å². The molecule has 2 N–H and O–H groups in total. The van der Waals surface area contributed by atoms with E-state index in [9.17, 15) is 14.4 Å². The first kappa shape index (κ1) is 29.9. The number of hydrogen-bond donors (Lipinski definition) is 2. The van der Waals surface area contributed by atoms with Crippen LogP contribution in [0.25, 0.3) is 6.08 Å². The van der Waals surface area contributed by atoms with Crippen LogP contribution in [-0.4, -0.2) is 30.0 Å². The topological polar surface area (TPSA) is 84.5 Å². The summed E-state index contributed by atoms with van der Waals surface area (Å²) in [5, 5.41) is 6.29. The highest BCUT2D eigenvalue weighted by atomic mass is 35.5. The highest BCUT2D eigenvalue weighted by Gasteiger charge is 2.16. The van der Waals surface area contributed by atoms with Gasteiger partial charge >= 0.3 is 0 Å². The maximum absolute atomic E-state index is 13.4. The van der Waals surface area contributed by atoms with Gasteiger partial charge in [-0.3, -0.25) is 14.4 Å². The Balaban J connectivity index is 1.47. The number of para-hydroxylation sites is 1. The van der Waals surface area contributed by atoms with Gasteiger partial charge in [-0.05, 0) is 73.7 Å². The third-order valence-corrected chi connectivity index (χ3v) is 7.52. The number of benzene rings is 4. The average Bonchev–Trinajstić information content (AvgIpc) is 2.99. The van der Waals surface area contributed by atoms with Gasteiger partial charge in [0.2, 0.25) is 0 Å². The number of carbonyl (C=O) groups is 3. The number of Topliss-reactive ketones (excluding diaryl/α,β-unsaturated/α-hetero) is 1. The van der Waals surface area contributed by atoms with Crippen molar-refractivity contribution in [3.05, 3.63) is 129 Å². The Morgan fingerprint density at radius 3 is 2.24 bits per heavy atom. The Morgan fingerprint density at radius 1 is 0.829 bits per heavy atom. The Hall–Kier alpha value is -4.04. The molecular formula is C32H26Cl2N2O4S. The largest absolute Gasteiger partial charge is 0.493 e. The number of halogens is 2. The number of carbonyl (C=O) groups excluding carboxylic acids is 3. The molecule has 0 unspecified atom stereocenters. The predicted octanol–water partition coefficient (Wildman–Crippen LogP) is 7.78. The number of anilines is 1. The molecule has 6 nitrogen and oxygen atoms in total. The molecule has 4 aromatic carbocycles. The summed E-state index contributed by atoms with van der Waals surface area (Å²) < 4.78 is 5.69. The first-order valence-corrected chi connectivity index (χ1v) is 14.4. The molecule has 0 atom stereocenters. The van der Waals surface area contributed by atoms with E-state index in [4.69, 9.17) is 27.9 Å². The monoisotopic (exact) mass is 604 g/mol. The molecule has 0 saturated heterocycles. The van der Waals surface area contributed by atoms with E-state index in [0.717, 1.165) is 4.90 Å². The van der Waals surface area contributed by atoms with Crippen LogP contribution in [0, 0.1) is 0 Å². The van der Waals surface area contributed by atoms with Crippen molar-refractivity contribution in [2.24, 2.45) is 0 Å². The van der Waals surface area contributed by atoms with E-state index in [0.29, 0.717) is 44.8 Å². The van der Waals surface area contributed by atoms with Gasteiger partial charge < -0.3 is 15.4 Å². The lowest BCUT2D eigenvalue weighted by Gasteiger charge is -2.13. The lowest BCUT2D eigenvalue weighted by Crippen LogP contribution is -2.30. The van der Waals surface area contributed by atoms with Gasteiger partial charge in [-0.15, -0.1) is 11.8 Å². The molecule has 4 rings (SSSR count). The maximum atomic E-state index is 13.4. The molecule has 0 radical (unpaired) electrons. The smallest absolute Gasteiger partial charge is 0.272 e. The average molecular weight is 606 g/mol. The van der Waals surface area contributed by atoms with Crippen LogP contribution in [0.2, 0.25) is 10.0 Å². The summed E-state index contributed by atoms with van der Waals surface area (Å²) in [5.74, 6) is -0.204. The molecule has 0 aromatic heterocycles. The third-order valence-electron chi connectivity index (χ3n) is 5.77. The molecule has 0 aliphatic carbocycles. The Kier molecular flexibility index (Phi) is 10.6. The summed E-state index contributed by atoms with van der Waals surface area (Å²) in [6.45, 7) is 2.32. The quantitative estimate of drug-likeness (QED) is 0.104. The van der Waals surface area contributed by atoms with Gasteiger partial charge in [0.1, 0.15) is 11.4 Å². The Morgan fingerprint density at radius 2 is 1.54 bits per heavy atom. The summed E-state index contributed by atoms with van der Waals surface area (Å²) >= 11 is 13.3. The molecular weight excluding hydrogens is 579 g/mol. The summed E-state index contributed by atoms with van der Waals surface area (Å²) in [6.07, 6.45) is 1.58. The molecule has 4 aromatic rings. The fourth-order valence-electron chi connectivity index (χ4n) is 3.72. The van der Waals surface area contributed by atoms with E-state index < -0.39 is 11.8 Å². The maximum Gasteiger partial charge on any atom is 0.272 e. The zero-order valence-electron chi connectivity index (χ0n) is 22.0. The number of ether oxygens (including phenoxy) is 1. The fraction of sp³-hybridized carbons (Fsp3) is 0.0938. The minimum absolute atomic E-state index is 0.0525. The van der Waals surface area contributed by atoms with Crippen molar-refractivity contribution in [1.82, 2.24) is 5.32 Å². The summed E-state index contributed by atoms with van der Waals surface area (Å²) in [5.41, 5.74) is 2.12. The minimum Gasteiger partial charge on any atom is -0.493 e. The van der Waals surface area contributed by atoms with Gasteiger partial charge in [0.05, 0.1) is 22.4 Å². The summed E-state index contributed by atoms with van der Waals surface area (Å²) in [4.78, 5) is 39.7. The molecule has 0 aliphatic heterocycles. The second-order valence-electron chi connectivity index (χ2n) is 8.67. The van der Waals surface area contributed by atoms with E-state index in [1.807, 2.05) is 25.1 Å². The minimum atomic E-state index is -0.504. The highest BCUT2D eigenvalue weighted by molar-refractivity contribution is 8.00. The summed E-state index contributed by atoms with van der Waals surface area (Å²) in [7, 11) is 0. The number of hydrogen-bond acceptors (Lipinski definition) is 5. The molecule has 0 saturated carbocycles. The van der Waals surface area contributed by atoms with Crippen molar-refractivity contribution in [1.29, 1.82) is 0 Å². The third kappa shape index (κ3) is 8.47. The van der Waals surface area contributed by atoms with E-state index in [1.54, 1.807) is 84.9 Å². The van der Waals surface area contributed by atoms with Crippen LogP contribution in [0.3, 0.4) is 0 Å². The van der Waals surface area contributed by atoms with Crippen LogP contribution >= 0.6 is 35.0 Å². The second-order valence-corrected chi connectivity index (χ2v) is 10.5. The number of rotatable bonds is 11. The molecule has 208 valence electrons. The molecule has 0 bridgehead atoms. The highest BCUT2D eigenvalue weighted by Crippen LogP contribution is 2.26. The first-order valence-electron chi connectivity index (χ1n) is 12.7. The van der Waals surface area contributed by atoms with E-state index in [1.165, 1.54) is 11.8 Å². The van der Waals surface area contributed by atoms with Crippen molar-refractivity contribution < 1.29 is 19.1 Å². The fourth-order valence-corrected chi connectivity index (χ4v) is 4.81. The number of thioether (sulfide) groups is 1. The normalized spacial score (nSPS) is 11.0. The Labute approximate surface area is 252 Å². The molecule has 0 aliphatic rings. The van der Waals surface area contributed by atoms with Crippen LogP contribution in [0.15, 0.2) is 108 Å².